The van der Waals surface area contributed by atoms with Crippen LogP contribution in [0.15, 0.2) is 41.3 Å². The van der Waals surface area contributed by atoms with E-state index in [9.17, 15) is 4.79 Å². The molecule has 2 aromatic heterocycles. The van der Waals surface area contributed by atoms with Gasteiger partial charge in [0.05, 0.1) is 18.7 Å². The van der Waals surface area contributed by atoms with Gasteiger partial charge in [-0.2, -0.15) is 0 Å². The molecule has 1 atom stereocenters. The van der Waals surface area contributed by atoms with Crippen molar-refractivity contribution in [1.29, 1.82) is 0 Å². The number of furan rings is 1. The quantitative estimate of drug-likeness (QED) is 0.721. The first-order chi connectivity index (χ1) is 11.2. The number of ether oxygens (including phenoxy) is 1. The zero-order valence-electron chi connectivity index (χ0n) is 12.7. The molecule has 7 heteroatoms. The number of hydrogen-bond acceptors (Lipinski definition) is 5. The first-order valence-electron chi connectivity index (χ1n) is 7.45. The van der Waals surface area contributed by atoms with E-state index in [1.807, 2.05) is 35.9 Å². The molecule has 1 aliphatic rings. The van der Waals surface area contributed by atoms with Crippen molar-refractivity contribution in [1.82, 2.24) is 19.7 Å². The van der Waals surface area contributed by atoms with Gasteiger partial charge in [0, 0.05) is 19.0 Å². The molecule has 0 saturated carbocycles. The van der Waals surface area contributed by atoms with Crippen LogP contribution in [-0.4, -0.2) is 45.3 Å². The van der Waals surface area contributed by atoms with E-state index in [1.54, 1.807) is 11.2 Å². The predicted octanol–water partition coefficient (Wildman–Crippen LogP) is 1.77. The van der Waals surface area contributed by atoms with Gasteiger partial charge in [0.25, 0.3) is 5.91 Å². The van der Waals surface area contributed by atoms with E-state index in [0.717, 1.165) is 11.2 Å². The number of rotatable bonds is 2. The van der Waals surface area contributed by atoms with Crippen molar-refractivity contribution in [3.8, 4) is 0 Å². The highest BCUT2D eigenvalue weighted by molar-refractivity contribution is 6.05. The van der Waals surface area contributed by atoms with Gasteiger partial charge >= 0.3 is 0 Å². The predicted molar refractivity (Wildman–Crippen MR) is 81.8 cm³/mol. The number of para-hydroxylation sites is 1. The minimum atomic E-state index is -0.265. The number of carbonyl (C=O) groups excluding carboxylic acids is 1. The first kappa shape index (κ1) is 14.0. The number of aromatic nitrogens is 3. The smallest absolute Gasteiger partial charge is 0.257 e. The van der Waals surface area contributed by atoms with Gasteiger partial charge in [-0.3, -0.25) is 4.79 Å². The van der Waals surface area contributed by atoms with Gasteiger partial charge in [0.15, 0.2) is 5.82 Å². The maximum atomic E-state index is 12.8. The molecule has 118 valence electrons. The van der Waals surface area contributed by atoms with Crippen molar-refractivity contribution in [3.05, 3.63) is 48.2 Å². The molecule has 4 rings (SSSR count). The van der Waals surface area contributed by atoms with Crippen LogP contribution >= 0.6 is 0 Å². The Labute approximate surface area is 132 Å². The van der Waals surface area contributed by atoms with Crippen LogP contribution in [0.4, 0.5) is 0 Å². The minimum Gasteiger partial charge on any atom is -0.463 e. The van der Waals surface area contributed by atoms with Crippen LogP contribution in [0.2, 0.25) is 0 Å². The molecule has 0 N–H and O–H groups in total. The van der Waals surface area contributed by atoms with Crippen molar-refractivity contribution < 1.29 is 13.9 Å². The third-order valence-corrected chi connectivity index (χ3v) is 4.10. The van der Waals surface area contributed by atoms with Crippen LogP contribution in [0.3, 0.4) is 0 Å². The van der Waals surface area contributed by atoms with Gasteiger partial charge in [-0.15, -0.1) is 10.2 Å². The normalized spacial score (nSPS) is 18.5. The average molecular weight is 312 g/mol. The lowest BCUT2D eigenvalue weighted by molar-refractivity contribution is -0.0280. The number of amides is 1. The lowest BCUT2D eigenvalue weighted by Crippen LogP contribution is -2.42. The van der Waals surface area contributed by atoms with Crippen molar-refractivity contribution in [3.63, 3.8) is 0 Å². The fourth-order valence-electron chi connectivity index (χ4n) is 2.89. The van der Waals surface area contributed by atoms with E-state index < -0.39 is 0 Å². The van der Waals surface area contributed by atoms with Gasteiger partial charge in [-0.05, 0) is 6.07 Å². The summed E-state index contributed by atoms with van der Waals surface area (Å²) >= 11 is 0. The second-order valence-electron chi connectivity index (χ2n) is 5.56. The Morgan fingerprint density at radius 1 is 1.35 bits per heavy atom. The summed E-state index contributed by atoms with van der Waals surface area (Å²) in [4.78, 5) is 14.6. The number of morpholine rings is 1. The van der Waals surface area contributed by atoms with Gasteiger partial charge < -0.3 is 18.6 Å². The summed E-state index contributed by atoms with van der Waals surface area (Å²) in [5, 5.41) is 8.78. The molecule has 1 unspecified atom stereocenters. The summed E-state index contributed by atoms with van der Waals surface area (Å²) in [7, 11) is 1.86. The Morgan fingerprint density at radius 2 is 2.22 bits per heavy atom. The summed E-state index contributed by atoms with van der Waals surface area (Å²) in [6.45, 7) is 1.47. The molecule has 1 fully saturated rings. The summed E-state index contributed by atoms with van der Waals surface area (Å²) in [5.74, 6) is 0.671. The van der Waals surface area contributed by atoms with E-state index in [2.05, 4.69) is 10.2 Å². The van der Waals surface area contributed by atoms with Crippen molar-refractivity contribution in [2.24, 2.45) is 7.05 Å². The van der Waals surface area contributed by atoms with E-state index in [4.69, 9.17) is 9.15 Å². The highest BCUT2D eigenvalue weighted by Gasteiger charge is 2.30. The molecular weight excluding hydrogens is 296 g/mol. The Morgan fingerprint density at radius 3 is 3.04 bits per heavy atom. The van der Waals surface area contributed by atoms with E-state index in [1.165, 1.54) is 6.26 Å². The second kappa shape index (κ2) is 5.51. The molecule has 0 radical (unpaired) electrons. The lowest BCUT2D eigenvalue weighted by Gasteiger charge is -2.32. The fourth-order valence-corrected chi connectivity index (χ4v) is 2.89. The number of aryl methyl sites for hydroxylation is 1. The van der Waals surface area contributed by atoms with Crippen LogP contribution in [0.1, 0.15) is 22.3 Å². The van der Waals surface area contributed by atoms with Crippen LogP contribution in [-0.2, 0) is 11.8 Å². The molecule has 1 aliphatic heterocycles. The highest BCUT2D eigenvalue weighted by atomic mass is 16.5. The zero-order chi connectivity index (χ0) is 15.8. The topological polar surface area (TPSA) is 73.4 Å². The van der Waals surface area contributed by atoms with Gasteiger partial charge in [-0.25, -0.2) is 0 Å². The van der Waals surface area contributed by atoms with Crippen LogP contribution in [0.25, 0.3) is 11.0 Å². The number of fused-ring (bicyclic) bond motifs is 1. The number of benzene rings is 1. The van der Waals surface area contributed by atoms with Crippen molar-refractivity contribution in [2.45, 2.75) is 6.10 Å². The highest BCUT2D eigenvalue weighted by Crippen LogP contribution is 2.25. The summed E-state index contributed by atoms with van der Waals surface area (Å²) in [6, 6.07) is 7.54. The molecule has 0 bridgehead atoms. The molecular formula is C16H16N4O3. The Kier molecular flexibility index (Phi) is 3.34. The maximum Gasteiger partial charge on any atom is 0.257 e. The molecule has 7 nitrogen and oxygen atoms in total. The fraction of sp³-hybridized carbons (Fsp3) is 0.312. The number of carbonyl (C=O) groups is 1. The minimum absolute atomic E-state index is 0.0505. The third kappa shape index (κ3) is 2.39. The Hall–Kier alpha value is -2.67. The molecule has 0 spiro atoms. The maximum absolute atomic E-state index is 12.8. The molecule has 1 aromatic carbocycles. The Balaban J connectivity index is 1.60. The van der Waals surface area contributed by atoms with Gasteiger partial charge in [-0.1, -0.05) is 18.2 Å². The Bertz CT molecular complexity index is 854. The van der Waals surface area contributed by atoms with Gasteiger partial charge in [0.1, 0.15) is 24.3 Å². The van der Waals surface area contributed by atoms with Crippen LogP contribution in [0.5, 0.6) is 0 Å². The number of nitrogens with zero attached hydrogens (tertiary/aromatic N) is 4. The standard InChI is InChI=1S/C16H16N4O3/c1-19-10-17-18-15(19)14-8-20(6-7-22-14)16(21)12-9-23-13-5-3-2-4-11(12)13/h2-5,9-10,14H,6-8H2,1H3. The zero-order valence-corrected chi connectivity index (χ0v) is 12.7. The van der Waals surface area contributed by atoms with Gasteiger partial charge in [0.2, 0.25) is 0 Å². The van der Waals surface area contributed by atoms with E-state index >= 15 is 0 Å². The molecule has 3 aromatic rings. The monoisotopic (exact) mass is 312 g/mol. The molecule has 1 amide bonds. The van der Waals surface area contributed by atoms with Crippen molar-refractivity contribution >= 4 is 16.9 Å². The van der Waals surface area contributed by atoms with Crippen LogP contribution < -0.4 is 0 Å². The largest absolute Gasteiger partial charge is 0.463 e. The number of hydrogen-bond donors (Lipinski definition) is 0. The molecule has 3 heterocycles. The van der Waals surface area contributed by atoms with Crippen LogP contribution in [0, 0.1) is 0 Å². The molecule has 0 aliphatic carbocycles. The SMILES string of the molecule is Cn1cnnc1C1CN(C(=O)c2coc3ccccc23)CCO1. The van der Waals surface area contributed by atoms with Crippen molar-refractivity contribution in [2.75, 3.05) is 19.7 Å². The molecule has 1 saturated heterocycles. The summed E-state index contributed by atoms with van der Waals surface area (Å²) in [6.07, 6.45) is 2.89. The van der Waals surface area contributed by atoms with E-state index in [0.29, 0.717) is 30.8 Å². The average Bonchev–Trinajstić information content (AvgIpc) is 3.20. The summed E-state index contributed by atoms with van der Waals surface area (Å²) in [5.41, 5.74) is 1.30. The third-order valence-electron chi connectivity index (χ3n) is 4.10. The second-order valence-corrected chi connectivity index (χ2v) is 5.56. The summed E-state index contributed by atoms with van der Waals surface area (Å²) < 4.78 is 13.0. The molecule has 23 heavy (non-hydrogen) atoms. The lowest BCUT2D eigenvalue weighted by atomic mass is 10.1. The first-order valence-corrected chi connectivity index (χ1v) is 7.45. The van der Waals surface area contributed by atoms with E-state index in [-0.39, 0.29) is 12.0 Å².